The molecule has 0 saturated heterocycles. The first-order valence-electron chi connectivity index (χ1n) is 6.24. The molecule has 1 nitrogen and oxygen atoms in total. The van der Waals surface area contributed by atoms with Crippen LogP contribution in [0.2, 0.25) is 0 Å². The molecule has 0 aromatic carbocycles. The van der Waals surface area contributed by atoms with E-state index in [2.05, 4.69) is 42.5 Å². The molecule has 1 heteroatoms. The zero-order valence-corrected chi connectivity index (χ0v) is 9.84. The zero-order chi connectivity index (χ0) is 12.1. The van der Waals surface area contributed by atoms with Crippen molar-refractivity contribution < 1.29 is 4.79 Å². The van der Waals surface area contributed by atoms with E-state index < -0.39 is 0 Å². The van der Waals surface area contributed by atoms with Gasteiger partial charge >= 0.3 is 0 Å². The fourth-order valence-electron chi connectivity index (χ4n) is 3.37. The zero-order valence-electron chi connectivity index (χ0n) is 9.84. The number of allylic oxidation sites excluding steroid dienone is 14. The Labute approximate surface area is 106 Å². The summed E-state index contributed by atoms with van der Waals surface area (Å²) in [4.78, 5) is 11.3. The van der Waals surface area contributed by atoms with Crippen LogP contribution in [-0.4, -0.2) is 6.29 Å². The predicted octanol–water partition coefficient (Wildman–Crippen LogP) is 3.22. The highest BCUT2D eigenvalue weighted by molar-refractivity contribution is 5.83. The van der Waals surface area contributed by atoms with Crippen LogP contribution in [-0.2, 0) is 4.79 Å². The molecule has 0 radical (unpaired) electrons. The highest BCUT2D eigenvalue weighted by Gasteiger charge is 2.38. The number of hydrogen-bond donors (Lipinski definition) is 0. The van der Waals surface area contributed by atoms with E-state index in [1.807, 2.05) is 12.2 Å². The Kier molecular flexibility index (Phi) is 1.87. The lowest BCUT2D eigenvalue weighted by Crippen LogP contribution is -2.29. The molecule has 0 aromatic rings. The molecule has 4 rings (SSSR count). The molecule has 0 fully saturated rings. The third-order valence-electron chi connectivity index (χ3n) is 4.14. The lowest BCUT2D eigenvalue weighted by Gasteiger charge is -2.40. The Bertz CT molecular complexity index is 660. The van der Waals surface area contributed by atoms with Gasteiger partial charge in [0.1, 0.15) is 6.29 Å². The lowest BCUT2D eigenvalue weighted by atomic mass is 9.63. The Morgan fingerprint density at radius 3 is 2.33 bits per heavy atom. The summed E-state index contributed by atoms with van der Waals surface area (Å²) in [5, 5.41) is 0. The molecule has 0 N–H and O–H groups in total. The fraction of sp³-hybridized carbons (Fsp3) is 0.118. The van der Waals surface area contributed by atoms with Gasteiger partial charge in [-0.3, -0.25) is 4.79 Å². The summed E-state index contributed by atoms with van der Waals surface area (Å²) in [6.45, 7) is 0. The summed E-state index contributed by atoms with van der Waals surface area (Å²) in [5.41, 5.74) is 5.92. The maximum atomic E-state index is 11.3. The number of carbonyl (C=O) groups is 1. The van der Waals surface area contributed by atoms with Gasteiger partial charge in [-0.1, -0.05) is 48.6 Å². The molecule has 2 unspecified atom stereocenters. The first-order valence-corrected chi connectivity index (χ1v) is 6.24. The molecule has 0 aromatic heterocycles. The molecule has 4 aliphatic rings. The second-order valence-corrected chi connectivity index (χ2v) is 5.01. The van der Waals surface area contributed by atoms with Crippen molar-refractivity contribution in [1.82, 2.24) is 0 Å². The third kappa shape index (κ3) is 1.14. The van der Waals surface area contributed by atoms with E-state index in [0.29, 0.717) is 11.8 Å². The van der Waals surface area contributed by atoms with E-state index in [9.17, 15) is 4.79 Å². The Hall–Kier alpha value is -2.15. The molecule has 0 amide bonds. The summed E-state index contributed by atoms with van der Waals surface area (Å²) in [6, 6.07) is 0. The van der Waals surface area contributed by atoms with Crippen molar-refractivity contribution in [2.24, 2.45) is 11.8 Å². The Morgan fingerprint density at radius 1 is 0.833 bits per heavy atom. The van der Waals surface area contributed by atoms with Gasteiger partial charge in [-0.15, -0.1) is 0 Å². The smallest absolute Gasteiger partial charge is 0.150 e. The maximum Gasteiger partial charge on any atom is 0.150 e. The molecule has 86 valence electrons. The minimum atomic E-state index is 0.330. The average Bonchev–Trinajstić information content (AvgIpc) is 2.44. The topological polar surface area (TPSA) is 17.1 Å². The maximum absolute atomic E-state index is 11.3. The summed E-state index contributed by atoms with van der Waals surface area (Å²) in [5.74, 6) is 0.728. The van der Waals surface area contributed by atoms with E-state index in [0.717, 1.165) is 11.9 Å². The van der Waals surface area contributed by atoms with Gasteiger partial charge in [0, 0.05) is 17.4 Å². The normalized spacial score (nSPS) is 30.6. The quantitative estimate of drug-likeness (QED) is 0.634. The van der Waals surface area contributed by atoms with Gasteiger partial charge in [0.2, 0.25) is 0 Å². The number of aldehydes is 1. The first kappa shape index (κ1) is 9.84. The van der Waals surface area contributed by atoms with E-state index in [1.165, 1.54) is 22.3 Å². The standard InChI is InChI=1S/C17H12O/c18-10-14-9-13-5-1-3-11-7-8-12-4-2-6-15(14)17(12)16(11)13/h1-10,16-17H. The van der Waals surface area contributed by atoms with Crippen LogP contribution in [0.4, 0.5) is 0 Å². The molecular weight excluding hydrogens is 220 g/mol. The van der Waals surface area contributed by atoms with Gasteiger partial charge in [-0.25, -0.2) is 0 Å². The molecule has 4 aliphatic carbocycles. The van der Waals surface area contributed by atoms with Gasteiger partial charge in [-0.05, 0) is 28.4 Å². The van der Waals surface area contributed by atoms with Crippen LogP contribution in [0, 0.1) is 11.8 Å². The van der Waals surface area contributed by atoms with Gasteiger partial charge in [0.05, 0.1) is 0 Å². The van der Waals surface area contributed by atoms with Crippen LogP contribution in [0.15, 0.2) is 82.5 Å². The van der Waals surface area contributed by atoms with Crippen molar-refractivity contribution in [2.75, 3.05) is 0 Å². The van der Waals surface area contributed by atoms with Crippen molar-refractivity contribution in [2.45, 2.75) is 0 Å². The van der Waals surface area contributed by atoms with Crippen LogP contribution in [0.5, 0.6) is 0 Å². The SMILES string of the molecule is O=CC1=C2C=CC=C3C=CC4=CC=CC(=C1)C4C32. The highest BCUT2D eigenvalue weighted by atomic mass is 16.1. The molecule has 18 heavy (non-hydrogen) atoms. The van der Waals surface area contributed by atoms with Crippen LogP contribution in [0.25, 0.3) is 0 Å². The molecule has 0 heterocycles. The van der Waals surface area contributed by atoms with Crippen molar-refractivity contribution in [3.05, 3.63) is 82.5 Å². The second kappa shape index (κ2) is 3.42. The lowest BCUT2D eigenvalue weighted by molar-refractivity contribution is -0.104. The summed E-state index contributed by atoms with van der Waals surface area (Å²) >= 11 is 0. The second-order valence-electron chi connectivity index (χ2n) is 5.01. The van der Waals surface area contributed by atoms with E-state index in [1.54, 1.807) is 0 Å². The summed E-state index contributed by atoms with van der Waals surface area (Å²) in [7, 11) is 0. The summed E-state index contributed by atoms with van der Waals surface area (Å²) < 4.78 is 0. The minimum absolute atomic E-state index is 0.330. The number of hydrogen-bond acceptors (Lipinski definition) is 1. The Morgan fingerprint density at radius 2 is 1.56 bits per heavy atom. The van der Waals surface area contributed by atoms with Crippen molar-refractivity contribution in [1.29, 1.82) is 0 Å². The monoisotopic (exact) mass is 232 g/mol. The molecule has 0 bridgehead atoms. The molecule has 2 atom stereocenters. The number of rotatable bonds is 1. The molecule has 0 spiro atoms. The van der Waals surface area contributed by atoms with Crippen LogP contribution in [0.3, 0.4) is 0 Å². The molecule has 0 saturated carbocycles. The highest BCUT2D eigenvalue weighted by Crippen LogP contribution is 2.49. The van der Waals surface area contributed by atoms with E-state index in [-0.39, 0.29) is 0 Å². The summed E-state index contributed by atoms with van der Waals surface area (Å²) in [6.07, 6.45) is 20.1. The van der Waals surface area contributed by atoms with Crippen molar-refractivity contribution in [3.8, 4) is 0 Å². The first-order chi connectivity index (χ1) is 8.88. The van der Waals surface area contributed by atoms with Crippen LogP contribution >= 0.6 is 0 Å². The minimum Gasteiger partial charge on any atom is -0.298 e. The van der Waals surface area contributed by atoms with Crippen LogP contribution < -0.4 is 0 Å². The fourth-order valence-corrected chi connectivity index (χ4v) is 3.37. The predicted molar refractivity (Wildman–Crippen MR) is 71.7 cm³/mol. The van der Waals surface area contributed by atoms with E-state index in [4.69, 9.17) is 0 Å². The van der Waals surface area contributed by atoms with Crippen molar-refractivity contribution in [3.63, 3.8) is 0 Å². The van der Waals surface area contributed by atoms with Crippen LogP contribution in [0.1, 0.15) is 0 Å². The van der Waals surface area contributed by atoms with Gasteiger partial charge in [-0.2, -0.15) is 0 Å². The number of carbonyl (C=O) groups excluding carboxylic acids is 1. The van der Waals surface area contributed by atoms with E-state index >= 15 is 0 Å². The van der Waals surface area contributed by atoms with Gasteiger partial charge < -0.3 is 0 Å². The third-order valence-corrected chi connectivity index (χ3v) is 4.14. The molecular formula is C17H12O. The molecule has 0 aliphatic heterocycles. The van der Waals surface area contributed by atoms with Crippen molar-refractivity contribution >= 4 is 6.29 Å². The largest absolute Gasteiger partial charge is 0.298 e. The van der Waals surface area contributed by atoms with Gasteiger partial charge in [0.25, 0.3) is 0 Å². The average molecular weight is 232 g/mol. The Balaban J connectivity index is 2.04. The van der Waals surface area contributed by atoms with Gasteiger partial charge in [0.15, 0.2) is 0 Å².